The molecule has 7 nitrogen and oxygen atoms in total. The van der Waals surface area contributed by atoms with Crippen molar-refractivity contribution < 1.29 is 27.1 Å². The number of anilines is 1. The summed E-state index contributed by atoms with van der Waals surface area (Å²) in [6.45, 7) is 1.61. The van der Waals surface area contributed by atoms with Crippen LogP contribution in [0.3, 0.4) is 0 Å². The minimum atomic E-state index is -4.85. The number of nitrogens with zero attached hydrogens (tertiary/aromatic N) is 4. The minimum absolute atomic E-state index is 0.0193. The fourth-order valence-corrected chi connectivity index (χ4v) is 2.94. The molecule has 4 rings (SSSR count). The Morgan fingerprint density at radius 1 is 1.10 bits per heavy atom. The summed E-state index contributed by atoms with van der Waals surface area (Å²) in [4.78, 5) is 18.4. The number of benzene rings is 2. The third-order valence-electron chi connectivity index (χ3n) is 4.41. The number of ether oxygens (including phenoxy) is 1. The second kappa shape index (κ2) is 7.21. The van der Waals surface area contributed by atoms with Crippen molar-refractivity contribution in [3.63, 3.8) is 0 Å². The van der Waals surface area contributed by atoms with Gasteiger partial charge in [-0.15, -0.1) is 18.3 Å². The van der Waals surface area contributed by atoms with Gasteiger partial charge < -0.3 is 14.1 Å². The number of hydrogen-bond acceptors (Lipinski definition) is 5. The molecule has 4 aromatic rings. The molecule has 0 atom stereocenters. The van der Waals surface area contributed by atoms with Crippen LogP contribution in [0.15, 0.2) is 59.0 Å². The largest absolute Gasteiger partial charge is 0.573 e. The molecule has 0 saturated heterocycles. The molecule has 2 aromatic heterocycles. The number of carbonyl (C=O) groups excluding carboxylic acids is 1. The van der Waals surface area contributed by atoms with Crippen LogP contribution in [0.4, 0.5) is 18.9 Å². The van der Waals surface area contributed by atoms with E-state index in [9.17, 15) is 18.0 Å². The van der Waals surface area contributed by atoms with Gasteiger partial charge in [-0.2, -0.15) is 9.50 Å². The normalized spacial score (nSPS) is 11.6. The number of halogens is 3. The number of amides is 1. The number of aromatic nitrogens is 3. The first kappa shape index (κ1) is 19.5. The molecular weight excluding hydrogens is 401 g/mol. The van der Waals surface area contributed by atoms with E-state index in [1.165, 1.54) is 33.7 Å². The van der Waals surface area contributed by atoms with Crippen molar-refractivity contribution in [2.75, 3.05) is 11.9 Å². The molecule has 0 spiro atoms. The van der Waals surface area contributed by atoms with Gasteiger partial charge in [-0.1, -0.05) is 30.3 Å². The number of hydrogen-bond donors (Lipinski definition) is 0. The predicted octanol–water partition coefficient (Wildman–Crippen LogP) is 4.47. The molecule has 10 heteroatoms. The van der Waals surface area contributed by atoms with Crippen molar-refractivity contribution in [3.8, 4) is 17.1 Å². The van der Waals surface area contributed by atoms with Crippen LogP contribution in [0.25, 0.3) is 17.2 Å². The number of carbonyl (C=O) groups is 1. The molecule has 0 aliphatic rings. The van der Waals surface area contributed by atoms with E-state index in [1.807, 2.05) is 6.07 Å². The highest BCUT2D eigenvalue weighted by Gasteiger charge is 2.33. The summed E-state index contributed by atoms with van der Waals surface area (Å²) in [6.07, 6.45) is -4.85. The van der Waals surface area contributed by atoms with Crippen molar-refractivity contribution >= 4 is 17.4 Å². The molecule has 0 unspecified atom stereocenters. The highest BCUT2D eigenvalue weighted by molar-refractivity contribution is 6.04. The van der Waals surface area contributed by atoms with Crippen molar-refractivity contribution in [1.82, 2.24) is 14.6 Å². The summed E-state index contributed by atoms with van der Waals surface area (Å²) in [5.74, 6) is -0.853. The summed E-state index contributed by atoms with van der Waals surface area (Å²) >= 11 is 0. The van der Waals surface area contributed by atoms with Gasteiger partial charge in [0.15, 0.2) is 5.82 Å². The lowest BCUT2D eigenvalue weighted by Crippen LogP contribution is -2.26. The van der Waals surface area contributed by atoms with Crippen LogP contribution in [0.5, 0.6) is 5.75 Å². The number of aryl methyl sites for hydroxylation is 1. The average molecular weight is 416 g/mol. The van der Waals surface area contributed by atoms with E-state index in [0.29, 0.717) is 11.4 Å². The van der Waals surface area contributed by atoms with Gasteiger partial charge >= 0.3 is 12.2 Å². The van der Waals surface area contributed by atoms with Crippen LogP contribution in [-0.2, 0) is 0 Å². The van der Waals surface area contributed by atoms with Crippen molar-refractivity contribution in [3.05, 3.63) is 66.1 Å². The maximum Gasteiger partial charge on any atom is 0.573 e. The molecule has 0 saturated carbocycles. The minimum Gasteiger partial charge on any atom is -0.416 e. The van der Waals surface area contributed by atoms with Crippen LogP contribution in [0, 0.1) is 6.92 Å². The molecule has 2 aromatic carbocycles. The number of alkyl halides is 3. The smallest absolute Gasteiger partial charge is 0.416 e. The maximum atomic E-state index is 12.8. The lowest BCUT2D eigenvalue weighted by molar-refractivity contribution is -0.274. The van der Waals surface area contributed by atoms with E-state index in [2.05, 4.69) is 14.8 Å². The van der Waals surface area contributed by atoms with Crippen molar-refractivity contribution in [2.24, 2.45) is 0 Å². The van der Waals surface area contributed by atoms with Crippen LogP contribution >= 0.6 is 0 Å². The Morgan fingerprint density at radius 2 is 1.77 bits per heavy atom. The highest BCUT2D eigenvalue weighted by atomic mass is 19.4. The SMILES string of the molecule is Cc1c(C(=O)N(C)c2ccccc2)oc2nc(-c3ccccc3OC(F)(F)F)nn12. The Kier molecular flexibility index (Phi) is 4.69. The zero-order valence-electron chi connectivity index (χ0n) is 15.8. The summed E-state index contributed by atoms with van der Waals surface area (Å²) in [5, 5.41) is 4.20. The first-order valence-electron chi connectivity index (χ1n) is 8.79. The Balaban J connectivity index is 1.70. The fourth-order valence-electron chi connectivity index (χ4n) is 2.94. The van der Waals surface area contributed by atoms with Crippen LogP contribution in [-0.4, -0.2) is 33.9 Å². The fraction of sp³-hybridized carbons (Fsp3) is 0.150. The first-order chi connectivity index (χ1) is 14.2. The quantitative estimate of drug-likeness (QED) is 0.491. The molecular formula is C20H15F3N4O3. The van der Waals surface area contributed by atoms with Gasteiger partial charge in [0.25, 0.3) is 5.91 Å². The standard InChI is InChI=1S/C20H15F3N4O3/c1-12-16(18(28)26(2)13-8-4-3-5-9-13)29-19-24-17(25-27(12)19)14-10-6-7-11-15(14)30-20(21,22)23/h3-11H,1-2H3. The van der Waals surface area contributed by atoms with Crippen molar-refractivity contribution in [2.45, 2.75) is 13.3 Å². The predicted molar refractivity (Wildman–Crippen MR) is 101 cm³/mol. The van der Waals surface area contributed by atoms with Gasteiger partial charge in [-0.05, 0) is 31.2 Å². The Labute approximate surface area is 168 Å². The molecule has 0 aliphatic heterocycles. The zero-order chi connectivity index (χ0) is 21.5. The number of fused-ring (bicyclic) bond motifs is 1. The molecule has 2 heterocycles. The van der Waals surface area contributed by atoms with Gasteiger partial charge in [0.05, 0.1) is 11.3 Å². The van der Waals surface area contributed by atoms with Crippen molar-refractivity contribution in [1.29, 1.82) is 0 Å². The van der Waals surface area contributed by atoms with Gasteiger partial charge in [0.1, 0.15) is 5.75 Å². The first-order valence-corrected chi connectivity index (χ1v) is 8.79. The maximum absolute atomic E-state index is 12.8. The van der Waals surface area contributed by atoms with Crippen LogP contribution in [0.1, 0.15) is 16.2 Å². The molecule has 0 bridgehead atoms. The lowest BCUT2D eigenvalue weighted by Gasteiger charge is -2.15. The zero-order valence-corrected chi connectivity index (χ0v) is 15.8. The topological polar surface area (TPSA) is 72.9 Å². The number of para-hydroxylation sites is 2. The summed E-state index contributed by atoms with van der Waals surface area (Å²) < 4.78 is 48.9. The second-order valence-electron chi connectivity index (χ2n) is 6.39. The molecule has 154 valence electrons. The van der Waals surface area contributed by atoms with E-state index in [4.69, 9.17) is 4.42 Å². The van der Waals surface area contributed by atoms with Gasteiger partial charge in [-0.25, -0.2) is 0 Å². The summed E-state index contributed by atoms with van der Waals surface area (Å²) in [5.41, 5.74) is 1.08. The molecule has 0 N–H and O–H groups in total. The summed E-state index contributed by atoms with van der Waals surface area (Å²) in [7, 11) is 1.60. The molecule has 0 aliphatic carbocycles. The Hall–Kier alpha value is -3.82. The van der Waals surface area contributed by atoms with Crippen LogP contribution < -0.4 is 9.64 Å². The Morgan fingerprint density at radius 3 is 2.43 bits per heavy atom. The van der Waals surface area contributed by atoms with E-state index in [0.717, 1.165) is 0 Å². The molecule has 0 fully saturated rings. The molecule has 0 radical (unpaired) electrons. The number of rotatable bonds is 4. The molecule has 1 amide bonds. The van der Waals surface area contributed by atoms with E-state index >= 15 is 0 Å². The molecule has 30 heavy (non-hydrogen) atoms. The summed E-state index contributed by atoms with van der Waals surface area (Å²) in [6, 6.07) is 14.5. The van der Waals surface area contributed by atoms with E-state index in [-0.39, 0.29) is 23.0 Å². The number of oxazole rings is 1. The van der Waals surface area contributed by atoms with E-state index < -0.39 is 18.0 Å². The third-order valence-corrected chi connectivity index (χ3v) is 4.41. The van der Waals surface area contributed by atoms with Crippen LogP contribution in [0.2, 0.25) is 0 Å². The Bertz CT molecular complexity index is 1220. The average Bonchev–Trinajstić information content (AvgIpc) is 3.26. The lowest BCUT2D eigenvalue weighted by atomic mass is 10.2. The van der Waals surface area contributed by atoms with Gasteiger partial charge in [-0.3, -0.25) is 4.79 Å². The third kappa shape index (κ3) is 3.59. The highest BCUT2D eigenvalue weighted by Crippen LogP contribution is 2.33. The van der Waals surface area contributed by atoms with Gasteiger partial charge in [0.2, 0.25) is 5.76 Å². The van der Waals surface area contributed by atoms with Gasteiger partial charge in [0, 0.05) is 12.7 Å². The monoisotopic (exact) mass is 416 g/mol. The van der Waals surface area contributed by atoms with E-state index in [1.54, 1.807) is 38.2 Å². The second-order valence-corrected chi connectivity index (χ2v) is 6.39.